The molecule has 0 radical (unpaired) electrons. The molecule has 0 aromatic heterocycles. The number of allylic oxidation sites excluding steroid dienone is 1. The highest BCUT2D eigenvalue weighted by Gasteiger charge is 2.14. The highest BCUT2D eigenvalue weighted by Crippen LogP contribution is 2.08. The van der Waals surface area contributed by atoms with Crippen LogP contribution in [0.25, 0.3) is 0 Å². The first kappa shape index (κ1) is 16.0. The fraction of sp³-hybridized carbons (Fsp3) is 0.375. The number of carbonyl (C=O) groups is 2. The van der Waals surface area contributed by atoms with E-state index in [1.54, 1.807) is 6.08 Å². The van der Waals surface area contributed by atoms with Crippen LogP contribution in [0.5, 0.6) is 0 Å². The standard InChI is InChI=1S/C16H21NO3/c1-2-3-9-15(18)17-14(10-11-16(19)20)12-13-7-5-4-6-8-13/h2,4-8,14H,1,3,9-12H2,(H,17,18)(H,19,20). The van der Waals surface area contributed by atoms with E-state index >= 15 is 0 Å². The molecule has 0 heterocycles. The molecule has 0 saturated carbocycles. The largest absolute Gasteiger partial charge is 0.481 e. The Morgan fingerprint density at radius 2 is 1.95 bits per heavy atom. The number of benzene rings is 1. The van der Waals surface area contributed by atoms with Crippen LogP contribution in [0.1, 0.15) is 31.2 Å². The van der Waals surface area contributed by atoms with Crippen LogP contribution < -0.4 is 5.32 Å². The summed E-state index contributed by atoms with van der Waals surface area (Å²) >= 11 is 0. The van der Waals surface area contributed by atoms with Gasteiger partial charge in [-0.25, -0.2) is 0 Å². The van der Waals surface area contributed by atoms with Crippen LogP contribution in [0.15, 0.2) is 43.0 Å². The molecule has 0 spiro atoms. The van der Waals surface area contributed by atoms with Crippen molar-refractivity contribution >= 4 is 11.9 Å². The van der Waals surface area contributed by atoms with Gasteiger partial charge in [0.25, 0.3) is 0 Å². The third kappa shape index (κ3) is 6.73. The first-order chi connectivity index (χ1) is 9.61. The van der Waals surface area contributed by atoms with Gasteiger partial charge in [-0.1, -0.05) is 36.4 Å². The Balaban J connectivity index is 2.57. The smallest absolute Gasteiger partial charge is 0.303 e. The van der Waals surface area contributed by atoms with Gasteiger partial charge in [-0.15, -0.1) is 6.58 Å². The monoisotopic (exact) mass is 275 g/mol. The molecule has 0 bridgehead atoms. The first-order valence-electron chi connectivity index (χ1n) is 6.77. The van der Waals surface area contributed by atoms with Crippen LogP contribution >= 0.6 is 0 Å². The van der Waals surface area contributed by atoms with E-state index < -0.39 is 5.97 Å². The minimum Gasteiger partial charge on any atom is -0.481 e. The third-order valence-electron chi connectivity index (χ3n) is 2.97. The van der Waals surface area contributed by atoms with Gasteiger partial charge in [0, 0.05) is 18.9 Å². The van der Waals surface area contributed by atoms with Crippen LogP contribution in [-0.2, 0) is 16.0 Å². The second-order valence-electron chi connectivity index (χ2n) is 4.71. The molecule has 0 aliphatic heterocycles. The molecule has 4 nitrogen and oxygen atoms in total. The maximum Gasteiger partial charge on any atom is 0.303 e. The topological polar surface area (TPSA) is 66.4 Å². The van der Waals surface area contributed by atoms with E-state index in [-0.39, 0.29) is 18.4 Å². The van der Waals surface area contributed by atoms with Gasteiger partial charge in [0.1, 0.15) is 0 Å². The third-order valence-corrected chi connectivity index (χ3v) is 2.97. The Kier molecular flexibility index (Phi) is 7.11. The Morgan fingerprint density at radius 3 is 2.55 bits per heavy atom. The molecule has 20 heavy (non-hydrogen) atoms. The van der Waals surface area contributed by atoms with Gasteiger partial charge < -0.3 is 10.4 Å². The molecule has 0 saturated heterocycles. The molecular formula is C16H21NO3. The molecule has 0 aliphatic carbocycles. The minimum atomic E-state index is -0.844. The number of hydrogen-bond donors (Lipinski definition) is 2. The van der Waals surface area contributed by atoms with Gasteiger partial charge in [-0.2, -0.15) is 0 Å². The minimum absolute atomic E-state index is 0.0548. The molecule has 1 unspecified atom stereocenters. The van der Waals surface area contributed by atoms with Crippen molar-refractivity contribution in [2.24, 2.45) is 0 Å². The lowest BCUT2D eigenvalue weighted by atomic mass is 10.0. The molecule has 0 aliphatic rings. The predicted octanol–water partition coefficient (Wildman–Crippen LogP) is 2.54. The second kappa shape index (κ2) is 8.91. The van der Waals surface area contributed by atoms with Crippen molar-refractivity contribution in [3.05, 3.63) is 48.6 Å². The van der Waals surface area contributed by atoms with E-state index in [1.165, 1.54) is 0 Å². The summed E-state index contributed by atoms with van der Waals surface area (Å²) in [5.41, 5.74) is 1.09. The molecule has 1 rings (SSSR count). The Labute approximate surface area is 119 Å². The normalized spacial score (nSPS) is 11.6. The van der Waals surface area contributed by atoms with Crippen LogP contribution in [0, 0.1) is 0 Å². The molecule has 1 aromatic carbocycles. The Morgan fingerprint density at radius 1 is 1.25 bits per heavy atom. The highest BCUT2D eigenvalue weighted by molar-refractivity contribution is 5.76. The molecule has 2 N–H and O–H groups in total. The fourth-order valence-corrected chi connectivity index (χ4v) is 1.95. The summed E-state index contributed by atoms with van der Waals surface area (Å²) < 4.78 is 0. The molecule has 1 amide bonds. The van der Waals surface area contributed by atoms with Crippen LogP contribution in [-0.4, -0.2) is 23.0 Å². The zero-order chi connectivity index (χ0) is 14.8. The summed E-state index contributed by atoms with van der Waals surface area (Å²) in [7, 11) is 0. The van der Waals surface area contributed by atoms with Crippen molar-refractivity contribution < 1.29 is 14.7 Å². The summed E-state index contributed by atoms with van der Waals surface area (Å²) in [4.78, 5) is 22.4. The summed E-state index contributed by atoms with van der Waals surface area (Å²) in [5, 5.41) is 11.7. The Bertz CT molecular complexity index is 442. The Hall–Kier alpha value is -2.10. The summed E-state index contributed by atoms with van der Waals surface area (Å²) in [6, 6.07) is 9.60. The summed E-state index contributed by atoms with van der Waals surface area (Å²) in [5.74, 6) is -0.903. The second-order valence-corrected chi connectivity index (χ2v) is 4.71. The number of aliphatic carboxylic acids is 1. The van der Waals surface area contributed by atoms with E-state index in [0.717, 1.165) is 5.56 Å². The van der Waals surface area contributed by atoms with Crippen LogP contribution in [0.4, 0.5) is 0 Å². The SMILES string of the molecule is C=CCCC(=O)NC(CCC(=O)O)Cc1ccccc1. The van der Waals surface area contributed by atoms with E-state index in [2.05, 4.69) is 11.9 Å². The summed E-state index contributed by atoms with van der Waals surface area (Å²) in [6.45, 7) is 3.58. The average molecular weight is 275 g/mol. The zero-order valence-corrected chi connectivity index (χ0v) is 11.5. The number of hydrogen-bond acceptors (Lipinski definition) is 2. The summed E-state index contributed by atoms with van der Waals surface area (Å²) in [6.07, 6.45) is 3.85. The number of carbonyl (C=O) groups excluding carboxylic acids is 1. The van der Waals surface area contributed by atoms with Gasteiger partial charge in [-0.05, 0) is 24.8 Å². The lowest BCUT2D eigenvalue weighted by molar-refractivity contribution is -0.137. The molecule has 4 heteroatoms. The number of carboxylic acids is 1. The van der Waals surface area contributed by atoms with Crippen LogP contribution in [0.3, 0.4) is 0 Å². The van der Waals surface area contributed by atoms with E-state index in [0.29, 0.717) is 25.7 Å². The van der Waals surface area contributed by atoms with Crippen molar-refractivity contribution in [3.63, 3.8) is 0 Å². The molecular weight excluding hydrogens is 254 g/mol. The van der Waals surface area contributed by atoms with E-state index in [1.807, 2.05) is 30.3 Å². The first-order valence-corrected chi connectivity index (χ1v) is 6.77. The fourth-order valence-electron chi connectivity index (χ4n) is 1.95. The van der Waals surface area contributed by atoms with E-state index in [4.69, 9.17) is 5.11 Å². The number of rotatable bonds is 9. The molecule has 108 valence electrons. The lowest BCUT2D eigenvalue weighted by Crippen LogP contribution is -2.36. The van der Waals surface area contributed by atoms with E-state index in [9.17, 15) is 9.59 Å². The number of nitrogens with one attached hydrogen (secondary N) is 1. The van der Waals surface area contributed by atoms with Gasteiger partial charge in [0.05, 0.1) is 0 Å². The molecule has 0 fully saturated rings. The van der Waals surface area contributed by atoms with Crippen molar-refractivity contribution in [3.8, 4) is 0 Å². The maximum absolute atomic E-state index is 11.7. The highest BCUT2D eigenvalue weighted by atomic mass is 16.4. The van der Waals surface area contributed by atoms with Crippen LogP contribution in [0.2, 0.25) is 0 Å². The van der Waals surface area contributed by atoms with Crippen molar-refractivity contribution in [1.82, 2.24) is 5.32 Å². The molecule has 1 aromatic rings. The van der Waals surface area contributed by atoms with Crippen molar-refractivity contribution in [1.29, 1.82) is 0 Å². The predicted molar refractivity (Wildman–Crippen MR) is 78.4 cm³/mol. The maximum atomic E-state index is 11.7. The number of amides is 1. The lowest BCUT2D eigenvalue weighted by Gasteiger charge is -2.18. The van der Waals surface area contributed by atoms with Gasteiger partial charge >= 0.3 is 5.97 Å². The van der Waals surface area contributed by atoms with Gasteiger partial charge in [-0.3, -0.25) is 9.59 Å². The van der Waals surface area contributed by atoms with Gasteiger partial charge in [0.15, 0.2) is 0 Å². The zero-order valence-electron chi connectivity index (χ0n) is 11.5. The quantitative estimate of drug-likeness (QED) is 0.681. The van der Waals surface area contributed by atoms with Crippen molar-refractivity contribution in [2.75, 3.05) is 0 Å². The van der Waals surface area contributed by atoms with Gasteiger partial charge in [0.2, 0.25) is 5.91 Å². The number of carboxylic acid groups (broad SMARTS) is 1. The molecule has 1 atom stereocenters. The average Bonchev–Trinajstić information content (AvgIpc) is 2.43. The van der Waals surface area contributed by atoms with Crippen molar-refractivity contribution in [2.45, 2.75) is 38.1 Å².